The van der Waals surface area contributed by atoms with Crippen molar-refractivity contribution < 1.29 is 9.59 Å². The first kappa shape index (κ1) is 15.1. The van der Waals surface area contributed by atoms with Gasteiger partial charge in [0.25, 0.3) is 0 Å². The summed E-state index contributed by atoms with van der Waals surface area (Å²) in [5, 5.41) is 3.54. The molecule has 5 heteroatoms. The highest BCUT2D eigenvalue weighted by Crippen LogP contribution is 2.64. The summed E-state index contributed by atoms with van der Waals surface area (Å²) in [5.41, 5.74) is 2.85. The molecule has 1 spiro atoms. The van der Waals surface area contributed by atoms with Crippen LogP contribution < -0.4 is 5.32 Å². The van der Waals surface area contributed by atoms with Gasteiger partial charge in [-0.25, -0.2) is 0 Å². The van der Waals surface area contributed by atoms with E-state index in [0.29, 0.717) is 5.02 Å². The molecule has 0 radical (unpaired) electrons. The fraction of sp³-hybridized carbons (Fsp3) is 0.211. The first-order valence-corrected chi connectivity index (χ1v) is 8.15. The molecule has 1 amide bonds. The van der Waals surface area contributed by atoms with Crippen LogP contribution in [0.15, 0.2) is 42.5 Å². The van der Waals surface area contributed by atoms with Gasteiger partial charge in [0.1, 0.15) is 0 Å². The lowest BCUT2D eigenvalue weighted by atomic mass is 9.93. The van der Waals surface area contributed by atoms with E-state index in [1.54, 1.807) is 12.1 Å². The summed E-state index contributed by atoms with van der Waals surface area (Å²) in [6.07, 6.45) is 3.93. The van der Waals surface area contributed by atoms with Crippen LogP contribution in [-0.2, 0) is 15.0 Å². The standard InChI is InChI=1S/C19H15ClN2O2/c1-11(23)5-7-13-3-2-4-16(21-13)15-10-19(15)14-8-6-12(20)9-17(14)22-18(19)24/h2-9,15H,10H2,1H3,(H,22,24)/b7-5+. The Kier molecular flexibility index (Phi) is 3.32. The van der Waals surface area contributed by atoms with E-state index >= 15 is 0 Å². The second kappa shape index (κ2) is 5.28. The molecule has 2 unspecified atom stereocenters. The number of carbonyl (C=O) groups excluding carboxylic acids is 2. The van der Waals surface area contributed by atoms with E-state index in [9.17, 15) is 9.59 Å². The Balaban J connectivity index is 1.69. The molecule has 1 aromatic heterocycles. The summed E-state index contributed by atoms with van der Waals surface area (Å²) in [7, 11) is 0. The van der Waals surface area contributed by atoms with E-state index in [4.69, 9.17) is 11.6 Å². The second-order valence-corrected chi connectivity index (χ2v) is 6.74. The molecule has 2 heterocycles. The third-order valence-electron chi connectivity index (χ3n) is 4.71. The summed E-state index contributed by atoms with van der Waals surface area (Å²) in [6, 6.07) is 11.2. The topological polar surface area (TPSA) is 59.1 Å². The maximum Gasteiger partial charge on any atom is 0.235 e. The Hall–Kier alpha value is -2.46. The van der Waals surface area contributed by atoms with Crippen molar-refractivity contribution in [2.75, 3.05) is 5.32 Å². The number of amides is 1. The number of halogens is 1. The summed E-state index contributed by atoms with van der Waals surface area (Å²) < 4.78 is 0. The number of hydrogen-bond acceptors (Lipinski definition) is 3. The molecule has 2 aromatic rings. The first-order valence-electron chi connectivity index (χ1n) is 7.78. The highest BCUT2D eigenvalue weighted by Gasteiger charge is 2.65. The lowest BCUT2D eigenvalue weighted by Gasteiger charge is -2.08. The van der Waals surface area contributed by atoms with Crippen molar-refractivity contribution in [3.63, 3.8) is 0 Å². The molecule has 1 aliphatic heterocycles. The average Bonchev–Trinajstić information content (AvgIpc) is 3.23. The Labute approximate surface area is 144 Å². The van der Waals surface area contributed by atoms with E-state index in [0.717, 1.165) is 29.1 Å². The lowest BCUT2D eigenvalue weighted by Crippen LogP contribution is -2.21. The minimum absolute atomic E-state index is 0.0104. The van der Waals surface area contributed by atoms with E-state index in [-0.39, 0.29) is 17.6 Å². The van der Waals surface area contributed by atoms with E-state index in [1.165, 1.54) is 13.0 Å². The quantitative estimate of drug-likeness (QED) is 0.868. The van der Waals surface area contributed by atoms with Gasteiger partial charge in [-0.05, 0) is 55.3 Å². The van der Waals surface area contributed by atoms with Gasteiger partial charge in [0.15, 0.2) is 5.78 Å². The van der Waals surface area contributed by atoms with Crippen LogP contribution in [0.1, 0.15) is 36.2 Å². The van der Waals surface area contributed by atoms with Crippen LogP contribution in [0.2, 0.25) is 5.02 Å². The van der Waals surface area contributed by atoms with Gasteiger partial charge in [-0.15, -0.1) is 0 Å². The van der Waals surface area contributed by atoms with E-state index in [2.05, 4.69) is 10.3 Å². The number of hydrogen-bond donors (Lipinski definition) is 1. The van der Waals surface area contributed by atoms with Gasteiger partial charge in [0.05, 0.1) is 11.1 Å². The number of fused-ring (bicyclic) bond motifs is 2. The third kappa shape index (κ3) is 2.26. The van der Waals surface area contributed by atoms with Crippen LogP contribution in [-0.4, -0.2) is 16.7 Å². The molecule has 1 aromatic carbocycles. The molecule has 0 bridgehead atoms. The second-order valence-electron chi connectivity index (χ2n) is 6.30. The van der Waals surface area contributed by atoms with Crippen molar-refractivity contribution >= 4 is 35.1 Å². The summed E-state index contributed by atoms with van der Waals surface area (Å²) in [6.45, 7) is 1.50. The highest BCUT2D eigenvalue weighted by atomic mass is 35.5. The number of aromatic nitrogens is 1. The number of benzene rings is 1. The number of nitrogens with one attached hydrogen (secondary N) is 1. The van der Waals surface area contributed by atoms with Crippen LogP contribution in [0.4, 0.5) is 5.69 Å². The highest BCUT2D eigenvalue weighted by molar-refractivity contribution is 6.31. The van der Waals surface area contributed by atoms with Crippen molar-refractivity contribution in [1.29, 1.82) is 0 Å². The van der Waals surface area contributed by atoms with Crippen molar-refractivity contribution in [2.45, 2.75) is 24.7 Å². The predicted molar refractivity (Wildman–Crippen MR) is 93.1 cm³/mol. The van der Waals surface area contributed by atoms with E-state index in [1.807, 2.05) is 30.3 Å². The zero-order chi connectivity index (χ0) is 16.9. The van der Waals surface area contributed by atoms with Gasteiger partial charge in [0.2, 0.25) is 5.91 Å². The number of allylic oxidation sites excluding steroid dienone is 1. The van der Waals surface area contributed by atoms with Crippen LogP contribution in [0.25, 0.3) is 6.08 Å². The summed E-state index contributed by atoms with van der Waals surface area (Å²) in [4.78, 5) is 28.3. The molecule has 1 saturated carbocycles. The number of rotatable bonds is 3. The minimum atomic E-state index is -0.532. The number of carbonyl (C=O) groups is 2. The lowest BCUT2D eigenvalue weighted by molar-refractivity contribution is -0.118. The summed E-state index contributed by atoms with van der Waals surface area (Å²) >= 11 is 6.02. The molecule has 120 valence electrons. The Morgan fingerprint density at radius 3 is 3.00 bits per heavy atom. The van der Waals surface area contributed by atoms with Crippen molar-refractivity contribution in [3.05, 3.63) is 64.4 Å². The van der Waals surface area contributed by atoms with Gasteiger partial charge < -0.3 is 5.32 Å². The molecule has 0 saturated heterocycles. The van der Waals surface area contributed by atoms with Gasteiger partial charge in [0, 0.05) is 22.3 Å². The molecule has 2 atom stereocenters. The third-order valence-corrected chi connectivity index (χ3v) is 4.95. The molecule has 24 heavy (non-hydrogen) atoms. The predicted octanol–water partition coefficient (Wildman–Crippen LogP) is 3.71. The van der Waals surface area contributed by atoms with Crippen LogP contribution in [0, 0.1) is 0 Å². The Bertz CT molecular complexity index is 906. The average molecular weight is 339 g/mol. The minimum Gasteiger partial charge on any atom is -0.325 e. The number of ketones is 1. The SMILES string of the molecule is CC(=O)/C=C/c1cccc(C2CC23C(=O)Nc2cc(Cl)ccc23)n1. The molecule has 2 aliphatic rings. The first-order chi connectivity index (χ1) is 11.5. The Morgan fingerprint density at radius 1 is 1.38 bits per heavy atom. The monoisotopic (exact) mass is 338 g/mol. The van der Waals surface area contributed by atoms with Crippen molar-refractivity contribution in [1.82, 2.24) is 4.98 Å². The molecular formula is C19H15ClN2O2. The van der Waals surface area contributed by atoms with Gasteiger partial charge >= 0.3 is 0 Å². The van der Waals surface area contributed by atoms with Crippen molar-refractivity contribution in [2.24, 2.45) is 0 Å². The fourth-order valence-electron chi connectivity index (χ4n) is 3.49. The molecule has 4 nitrogen and oxygen atoms in total. The normalized spacial score (nSPS) is 24.2. The van der Waals surface area contributed by atoms with Gasteiger partial charge in [-0.3, -0.25) is 14.6 Å². The molecule has 1 fully saturated rings. The van der Waals surface area contributed by atoms with Gasteiger partial charge in [-0.2, -0.15) is 0 Å². The largest absolute Gasteiger partial charge is 0.325 e. The maximum atomic E-state index is 12.6. The van der Waals surface area contributed by atoms with Crippen LogP contribution in [0.3, 0.4) is 0 Å². The molecule has 4 rings (SSSR count). The Morgan fingerprint density at radius 2 is 2.21 bits per heavy atom. The number of nitrogens with zero attached hydrogens (tertiary/aromatic N) is 1. The summed E-state index contributed by atoms with van der Waals surface area (Å²) in [5.74, 6) is 0.0351. The van der Waals surface area contributed by atoms with E-state index < -0.39 is 5.41 Å². The zero-order valence-corrected chi connectivity index (χ0v) is 13.8. The van der Waals surface area contributed by atoms with Crippen LogP contribution in [0.5, 0.6) is 0 Å². The van der Waals surface area contributed by atoms with Crippen LogP contribution >= 0.6 is 11.6 Å². The molecule has 1 N–H and O–H groups in total. The number of anilines is 1. The van der Waals surface area contributed by atoms with Crippen molar-refractivity contribution in [3.8, 4) is 0 Å². The van der Waals surface area contributed by atoms with Gasteiger partial charge in [-0.1, -0.05) is 23.7 Å². The number of pyridine rings is 1. The maximum absolute atomic E-state index is 12.6. The molecule has 1 aliphatic carbocycles. The molecular weight excluding hydrogens is 324 g/mol. The fourth-order valence-corrected chi connectivity index (χ4v) is 3.66. The zero-order valence-electron chi connectivity index (χ0n) is 13.0. The smallest absolute Gasteiger partial charge is 0.235 e.